The summed E-state index contributed by atoms with van der Waals surface area (Å²) in [5.74, 6) is -1.54. The molecule has 0 spiro atoms. The molecule has 1 aliphatic heterocycles. The third kappa shape index (κ3) is 3.48. The maximum Gasteiger partial charge on any atom is 0.336 e. The summed E-state index contributed by atoms with van der Waals surface area (Å²) >= 11 is 0. The van der Waals surface area contributed by atoms with Gasteiger partial charge in [-0.1, -0.05) is 0 Å². The van der Waals surface area contributed by atoms with Gasteiger partial charge in [-0.3, -0.25) is 4.79 Å². The number of fused-ring (bicyclic) bond motifs is 1. The van der Waals surface area contributed by atoms with Crippen LogP contribution in [0.15, 0.2) is 30.3 Å². The molecule has 9 heteroatoms. The maximum atomic E-state index is 12.4. The molecule has 1 saturated heterocycles. The third-order valence-corrected chi connectivity index (χ3v) is 5.62. The highest BCUT2D eigenvalue weighted by atomic mass is 16.4. The van der Waals surface area contributed by atoms with E-state index in [9.17, 15) is 19.8 Å². The molecule has 1 fully saturated rings. The molecule has 9 nitrogen and oxygen atoms in total. The summed E-state index contributed by atoms with van der Waals surface area (Å²) in [5, 5.41) is 27.6. The summed E-state index contributed by atoms with van der Waals surface area (Å²) < 4.78 is 1.50. The van der Waals surface area contributed by atoms with E-state index in [2.05, 4.69) is 15.4 Å². The highest BCUT2D eigenvalue weighted by Crippen LogP contribution is 2.33. The summed E-state index contributed by atoms with van der Waals surface area (Å²) in [5.41, 5.74) is 7.67. The SMILES string of the molecule is Cc1nn(C(C(N)=O)C2CCNCC2)c2nc(-c3ccc(O)cc3)cc(C(=O)O)c12. The Morgan fingerprint density at radius 3 is 2.50 bits per heavy atom. The number of benzene rings is 1. The average molecular weight is 409 g/mol. The Bertz CT molecular complexity index is 1120. The molecule has 1 atom stereocenters. The van der Waals surface area contributed by atoms with Gasteiger partial charge in [-0.25, -0.2) is 14.5 Å². The predicted molar refractivity (Wildman–Crippen MR) is 110 cm³/mol. The van der Waals surface area contributed by atoms with Gasteiger partial charge < -0.3 is 21.3 Å². The first-order valence-electron chi connectivity index (χ1n) is 9.79. The van der Waals surface area contributed by atoms with E-state index in [0.717, 1.165) is 25.9 Å². The van der Waals surface area contributed by atoms with Crippen LogP contribution in [0, 0.1) is 12.8 Å². The zero-order valence-corrected chi connectivity index (χ0v) is 16.5. The number of amides is 1. The number of nitrogens with two attached hydrogens (primary N) is 1. The van der Waals surface area contributed by atoms with E-state index in [1.807, 2.05) is 0 Å². The van der Waals surface area contributed by atoms with Crippen LogP contribution >= 0.6 is 0 Å². The fourth-order valence-electron chi connectivity index (χ4n) is 4.17. The molecular formula is C21H23N5O4. The lowest BCUT2D eigenvalue weighted by Crippen LogP contribution is -2.39. The predicted octanol–water partition coefficient (Wildman–Crippen LogP) is 1.84. The van der Waals surface area contributed by atoms with Crippen molar-refractivity contribution in [3.63, 3.8) is 0 Å². The fraction of sp³-hybridized carbons (Fsp3) is 0.333. The molecule has 3 aromatic rings. The molecule has 156 valence electrons. The first kappa shape index (κ1) is 19.8. The van der Waals surface area contributed by atoms with Crippen molar-refractivity contribution in [1.29, 1.82) is 0 Å². The minimum atomic E-state index is -1.11. The molecular weight excluding hydrogens is 386 g/mol. The van der Waals surface area contributed by atoms with Gasteiger partial charge in [0.2, 0.25) is 5.91 Å². The Labute approximate surface area is 172 Å². The lowest BCUT2D eigenvalue weighted by Gasteiger charge is -2.29. The summed E-state index contributed by atoms with van der Waals surface area (Å²) in [6, 6.07) is 7.09. The molecule has 1 aromatic carbocycles. The molecule has 1 amide bonds. The van der Waals surface area contributed by atoms with Crippen molar-refractivity contribution in [3.8, 4) is 17.0 Å². The number of aromatic nitrogens is 3. The van der Waals surface area contributed by atoms with Gasteiger partial charge in [0.05, 0.1) is 22.3 Å². The highest BCUT2D eigenvalue weighted by Gasteiger charge is 2.33. The highest BCUT2D eigenvalue weighted by molar-refractivity contribution is 6.04. The van der Waals surface area contributed by atoms with Crippen LogP contribution in [0.2, 0.25) is 0 Å². The molecule has 0 bridgehead atoms. The number of nitrogens with one attached hydrogen (secondary N) is 1. The smallest absolute Gasteiger partial charge is 0.336 e. The molecule has 1 unspecified atom stereocenters. The number of aromatic carboxylic acids is 1. The summed E-state index contributed by atoms with van der Waals surface area (Å²) in [7, 11) is 0. The van der Waals surface area contributed by atoms with Crippen molar-refractivity contribution in [2.24, 2.45) is 11.7 Å². The Kier molecular flexibility index (Phi) is 5.13. The number of carboxylic acids is 1. The fourth-order valence-corrected chi connectivity index (χ4v) is 4.17. The molecule has 5 N–H and O–H groups in total. The first-order chi connectivity index (χ1) is 14.4. The zero-order valence-electron chi connectivity index (χ0n) is 16.5. The van der Waals surface area contributed by atoms with Crippen LogP contribution in [0.25, 0.3) is 22.3 Å². The van der Waals surface area contributed by atoms with Crippen LogP contribution in [0.3, 0.4) is 0 Å². The van der Waals surface area contributed by atoms with E-state index < -0.39 is 17.9 Å². The summed E-state index contributed by atoms with van der Waals surface area (Å²) in [6.07, 6.45) is 1.52. The number of nitrogens with zero attached hydrogens (tertiary/aromatic N) is 3. The van der Waals surface area contributed by atoms with Gasteiger partial charge in [0.15, 0.2) is 5.65 Å². The van der Waals surface area contributed by atoms with Gasteiger partial charge in [-0.15, -0.1) is 0 Å². The number of piperidine rings is 1. The van der Waals surface area contributed by atoms with Gasteiger partial charge in [0.1, 0.15) is 11.8 Å². The second-order valence-corrected chi connectivity index (χ2v) is 7.57. The van der Waals surface area contributed by atoms with Crippen molar-refractivity contribution in [3.05, 3.63) is 41.6 Å². The van der Waals surface area contributed by atoms with Gasteiger partial charge >= 0.3 is 5.97 Å². The second kappa shape index (κ2) is 7.75. The standard InChI is InChI=1S/C21H23N5O4/c1-11-17-15(21(29)30)10-16(12-2-4-14(27)5-3-12)24-20(17)26(25-11)18(19(22)28)13-6-8-23-9-7-13/h2-5,10,13,18,23,27H,6-9H2,1H3,(H2,22,28)(H,29,30). The number of carbonyl (C=O) groups is 2. The molecule has 0 radical (unpaired) electrons. The van der Waals surface area contributed by atoms with E-state index in [4.69, 9.17) is 5.73 Å². The average Bonchev–Trinajstić information content (AvgIpc) is 3.04. The van der Waals surface area contributed by atoms with Crippen molar-refractivity contribution < 1.29 is 19.8 Å². The number of pyridine rings is 1. The number of aromatic hydroxyl groups is 1. The van der Waals surface area contributed by atoms with Crippen LogP contribution in [-0.2, 0) is 4.79 Å². The molecule has 30 heavy (non-hydrogen) atoms. The van der Waals surface area contributed by atoms with E-state index in [1.165, 1.54) is 22.9 Å². The van der Waals surface area contributed by atoms with Crippen LogP contribution in [-0.4, -0.2) is 49.9 Å². The normalized spacial score (nSPS) is 15.9. The number of phenols is 1. The molecule has 1 aliphatic rings. The molecule has 4 rings (SSSR count). The minimum Gasteiger partial charge on any atom is -0.508 e. The Hall–Kier alpha value is -3.46. The molecule has 0 aliphatic carbocycles. The maximum absolute atomic E-state index is 12.4. The molecule has 2 aromatic heterocycles. The van der Waals surface area contributed by atoms with Crippen molar-refractivity contribution >= 4 is 22.9 Å². The third-order valence-electron chi connectivity index (χ3n) is 5.62. The topological polar surface area (TPSA) is 143 Å². The number of aryl methyl sites for hydroxylation is 1. The van der Waals surface area contributed by atoms with Crippen LogP contribution in [0.4, 0.5) is 0 Å². The minimum absolute atomic E-state index is 0.0151. The van der Waals surface area contributed by atoms with E-state index in [-0.39, 0.29) is 17.2 Å². The van der Waals surface area contributed by atoms with Crippen LogP contribution in [0.5, 0.6) is 5.75 Å². The van der Waals surface area contributed by atoms with Crippen LogP contribution < -0.4 is 11.1 Å². The quantitative estimate of drug-likeness (QED) is 0.503. The molecule has 3 heterocycles. The van der Waals surface area contributed by atoms with Gasteiger partial charge in [0, 0.05) is 5.56 Å². The number of phenolic OH excluding ortho intramolecular Hbond substituents is 1. The van der Waals surface area contributed by atoms with Crippen molar-refractivity contribution in [2.75, 3.05) is 13.1 Å². The summed E-state index contributed by atoms with van der Waals surface area (Å²) in [4.78, 5) is 29.1. The number of hydrogen-bond donors (Lipinski definition) is 4. The Balaban J connectivity index is 1.95. The van der Waals surface area contributed by atoms with E-state index in [1.54, 1.807) is 19.1 Å². The van der Waals surface area contributed by atoms with E-state index in [0.29, 0.717) is 28.0 Å². The van der Waals surface area contributed by atoms with Crippen LogP contribution in [0.1, 0.15) is 34.9 Å². The number of hydrogen-bond acceptors (Lipinski definition) is 6. The first-order valence-corrected chi connectivity index (χ1v) is 9.79. The monoisotopic (exact) mass is 409 g/mol. The number of carboxylic acid groups (broad SMARTS) is 1. The van der Waals surface area contributed by atoms with Gasteiger partial charge in [-0.05, 0) is 69.1 Å². The Morgan fingerprint density at radius 2 is 1.90 bits per heavy atom. The van der Waals surface area contributed by atoms with E-state index >= 15 is 0 Å². The lowest BCUT2D eigenvalue weighted by molar-refractivity contribution is -0.123. The number of carbonyl (C=O) groups excluding carboxylic acids is 1. The lowest BCUT2D eigenvalue weighted by atomic mass is 9.90. The van der Waals surface area contributed by atoms with Gasteiger partial charge in [0.25, 0.3) is 0 Å². The Morgan fingerprint density at radius 1 is 1.23 bits per heavy atom. The van der Waals surface area contributed by atoms with Crippen molar-refractivity contribution in [1.82, 2.24) is 20.1 Å². The number of rotatable bonds is 5. The zero-order chi connectivity index (χ0) is 21.4. The summed E-state index contributed by atoms with van der Waals surface area (Å²) in [6.45, 7) is 3.26. The molecule has 0 saturated carbocycles. The second-order valence-electron chi connectivity index (χ2n) is 7.57. The van der Waals surface area contributed by atoms with Crippen molar-refractivity contribution in [2.45, 2.75) is 25.8 Å². The number of primary amides is 1. The van der Waals surface area contributed by atoms with Gasteiger partial charge in [-0.2, -0.15) is 5.10 Å². The largest absolute Gasteiger partial charge is 0.508 e.